The average Bonchev–Trinajstić information content (AvgIpc) is 2.79. The van der Waals surface area contributed by atoms with Gasteiger partial charge in [-0.25, -0.2) is 4.79 Å². The van der Waals surface area contributed by atoms with Crippen molar-refractivity contribution < 1.29 is 9.90 Å². The highest BCUT2D eigenvalue weighted by Crippen LogP contribution is 2.24. The molecular formula is C14H16N2O2. The van der Waals surface area contributed by atoms with Crippen LogP contribution in [0.4, 0.5) is 0 Å². The predicted molar refractivity (Wildman–Crippen MR) is 69.4 cm³/mol. The average molecular weight is 244 g/mol. The molecule has 0 atom stereocenters. The molecule has 1 aromatic heterocycles. The van der Waals surface area contributed by atoms with E-state index in [1.165, 1.54) is 4.68 Å². The SMILES string of the molecule is Cc1ccccc1-c1cnn(C(C)(C)C(=O)O)c1. The van der Waals surface area contributed by atoms with Crippen LogP contribution in [-0.4, -0.2) is 20.9 Å². The molecule has 0 saturated carbocycles. The summed E-state index contributed by atoms with van der Waals surface area (Å²) in [6.45, 7) is 5.28. The molecule has 18 heavy (non-hydrogen) atoms. The summed E-state index contributed by atoms with van der Waals surface area (Å²) in [5.74, 6) is -0.901. The lowest BCUT2D eigenvalue weighted by Crippen LogP contribution is -2.35. The van der Waals surface area contributed by atoms with E-state index in [4.69, 9.17) is 5.11 Å². The second-order valence-corrected chi connectivity index (χ2v) is 4.85. The van der Waals surface area contributed by atoms with Crippen LogP contribution in [0, 0.1) is 6.92 Å². The van der Waals surface area contributed by atoms with Gasteiger partial charge in [-0.1, -0.05) is 24.3 Å². The van der Waals surface area contributed by atoms with Gasteiger partial charge in [0.15, 0.2) is 5.54 Å². The van der Waals surface area contributed by atoms with E-state index in [0.29, 0.717) is 0 Å². The summed E-state index contributed by atoms with van der Waals surface area (Å²) in [5, 5.41) is 13.3. The van der Waals surface area contributed by atoms with Crippen molar-refractivity contribution >= 4 is 5.97 Å². The Morgan fingerprint density at radius 1 is 1.33 bits per heavy atom. The molecule has 0 aliphatic carbocycles. The van der Waals surface area contributed by atoms with Crippen molar-refractivity contribution in [3.8, 4) is 11.1 Å². The Morgan fingerprint density at radius 2 is 2.00 bits per heavy atom. The van der Waals surface area contributed by atoms with Crippen LogP contribution in [0.3, 0.4) is 0 Å². The van der Waals surface area contributed by atoms with Gasteiger partial charge in [-0.05, 0) is 31.9 Å². The molecule has 94 valence electrons. The quantitative estimate of drug-likeness (QED) is 0.903. The first-order valence-electron chi connectivity index (χ1n) is 5.77. The van der Waals surface area contributed by atoms with Crippen LogP contribution in [0.5, 0.6) is 0 Å². The fourth-order valence-corrected chi connectivity index (χ4v) is 1.76. The standard InChI is InChI=1S/C14H16N2O2/c1-10-6-4-5-7-12(10)11-8-15-16(9-11)14(2,3)13(17)18/h4-9H,1-3H3,(H,17,18). The molecule has 0 unspecified atom stereocenters. The van der Waals surface area contributed by atoms with Crippen LogP contribution in [0.15, 0.2) is 36.7 Å². The Labute approximate surface area is 106 Å². The Hall–Kier alpha value is -2.10. The number of carboxylic acid groups (broad SMARTS) is 1. The fourth-order valence-electron chi connectivity index (χ4n) is 1.76. The molecule has 0 aliphatic rings. The first-order chi connectivity index (χ1) is 8.43. The van der Waals surface area contributed by atoms with Gasteiger partial charge >= 0.3 is 5.97 Å². The van der Waals surface area contributed by atoms with E-state index in [1.807, 2.05) is 31.2 Å². The Balaban J connectivity index is 2.44. The van der Waals surface area contributed by atoms with Crippen molar-refractivity contribution in [3.63, 3.8) is 0 Å². The fraction of sp³-hybridized carbons (Fsp3) is 0.286. The van der Waals surface area contributed by atoms with Crippen molar-refractivity contribution in [2.75, 3.05) is 0 Å². The van der Waals surface area contributed by atoms with Gasteiger partial charge in [-0.3, -0.25) is 4.68 Å². The summed E-state index contributed by atoms with van der Waals surface area (Å²) < 4.78 is 1.48. The Morgan fingerprint density at radius 3 is 2.61 bits per heavy atom. The van der Waals surface area contributed by atoms with Gasteiger partial charge in [0.25, 0.3) is 0 Å². The van der Waals surface area contributed by atoms with Crippen molar-refractivity contribution in [1.82, 2.24) is 9.78 Å². The third-order valence-electron chi connectivity index (χ3n) is 3.13. The van der Waals surface area contributed by atoms with Crippen LogP contribution in [-0.2, 0) is 10.3 Å². The molecule has 1 aromatic carbocycles. The van der Waals surface area contributed by atoms with Crippen molar-refractivity contribution in [2.45, 2.75) is 26.3 Å². The molecule has 0 aliphatic heterocycles. The lowest BCUT2D eigenvalue weighted by Gasteiger charge is -2.19. The van der Waals surface area contributed by atoms with E-state index < -0.39 is 11.5 Å². The van der Waals surface area contributed by atoms with E-state index >= 15 is 0 Å². The van der Waals surface area contributed by atoms with Crippen LogP contribution in [0.25, 0.3) is 11.1 Å². The first-order valence-corrected chi connectivity index (χ1v) is 5.77. The third-order valence-corrected chi connectivity index (χ3v) is 3.13. The van der Waals surface area contributed by atoms with E-state index in [2.05, 4.69) is 5.10 Å². The Kier molecular flexibility index (Phi) is 2.95. The summed E-state index contributed by atoms with van der Waals surface area (Å²) in [5.41, 5.74) is 2.11. The summed E-state index contributed by atoms with van der Waals surface area (Å²) in [4.78, 5) is 11.2. The second kappa shape index (κ2) is 4.29. The summed E-state index contributed by atoms with van der Waals surface area (Å²) in [7, 11) is 0. The summed E-state index contributed by atoms with van der Waals surface area (Å²) in [6.07, 6.45) is 3.48. The third kappa shape index (κ3) is 2.01. The van der Waals surface area contributed by atoms with E-state index in [9.17, 15) is 4.79 Å². The largest absolute Gasteiger partial charge is 0.479 e. The molecule has 1 N–H and O–H groups in total. The van der Waals surface area contributed by atoms with E-state index in [0.717, 1.165) is 16.7 Å². The number of rotatable bonds is 3. The first kappa shape index (κ1) is 12.4. The zero-order valence-electron chi connectivity index (χ0n) is 10.7. The van der Waals surface area contributed by atoms with E-state index in [1.54, 1.807) is 26.2 Å². The number of carbonyl (C=O) groups is 1. The number of hydrogen-bond acceptors (Lipinski definition) is 2. The van der Waals surface area contributed by atoms with Crippen LogP contribution in [0.1, 0.15) is 19.4 Å². The molecule has 2 rings (SSSR count). The molecule has 4 nitrogen and oxygen atoms in total. The predicted octanol–water partition coefficient (Wildman–Crippen LogP) is 2.68. The van der Waals surface area contributed by atoms with Gasteiger partial charge in [0.05, 0.1) is 6.20 Å². The lowest BCUT2D eigenvalue weighted by molar-refractivity contribution is -0.146. The molecule has 0 amide bonds. The number of benzene rings is 1. The van der Waals surface area contributed by atoms with Gasteiger partial charge in [-0.15, -0.1) is 0 Å². The van der Waals surface area contributed by atoms with Gasteiger partial charge in [0, 0.05) is 11.8 Å². The number of aliphatic carboxylic acids is 1. The minimum atomic E-state index is -1.04. The Bertz CT molecular complexity index is 585. The molecule has 0 spiro atoms. The molecule has 0 bridgehead atoms. The normalized spacial score (nSPS) is 11.5. The van der Waals surface area contributed by atoms with Gasteiger partial charge in [0.2, 0.25) is 0 Å². The second-order valence-electron chi connectivity index (χ2n) is 4.85. The maximum atomic E-state index is 11.2. The summed E-state index contributed by atoms with van der Waals surface area (Å²) >= 11 is 0. The van der Waals surface area contributed by atoms with Crippen molar-refractivity contribution in [1.29, 1.82) is 0 Å². The number of hydrogen-bond donors (Lipinski definition) is 1. The topological polar surface area (TPSA) is 55.1 Å². The highest BCUT2D eigenvalue weighted by Gasteiger charge is 2.30. The molecule has 2 aromatic rings. The maximum Gasteiger partial charge on any atom is 0.331 e. The van der Waals surface area contributed by atoms with Crippen molar-refractivity contribution in [2.24, 2.45) is 0 Å². The van der Waals surface area contributed by atoms with Crippen LogP contribution in [0.2, 0.25) is 0 Å². The molecule has 4 heteroatoms. The van der Waals surface area contributed by atoms with Crippen molar-refractivity contribution in [3.05, 3.63) is 42.2 Å². The molecule has 0 fully saturated rings. The molecular weight excluding hydrogens is 228 g/mol. The zero-order chi connectivity index (χ0) is 13.3. The molecule has 1 heterocycles. The maximum absolute atomic E-state index is 11.2. The zero-order valence-corrected chi connectivity index (χ0v) is 10.7. The smallest absolute Gasteiger partial charge is 0.331 e. The molecule has 0 radical (unpaired) electrons. The highest BCUT2D eigenvalue weighted by molar-refractivity contribution is 5.76. The van der Waals surface area contributed by atoms with E-state index in [-0.39, 0.29) is 0 Å². The van der Waals surface area contributed by atoms with Crippen LogP contribution >= 0.6 is 0 Å². The monoisotopic (exact) mass is 244 g/mol. The lowest BCUT2D eigenvalue weighted by atomic mass is 10.0. The summed E-state index contributed by atoms with van der Waals surface area (Å²) in [6, 6.07) is 7.96. The molecule has 0 saturated heterocycles. The van der Waals surface area contributed by atoms with Gasteiger partial charge in [0.1, 0.15) is 0 Å². The number of carboxylic acids is 1. The minimum absolute atomic E-state index is 0.901. The van der Waals surface area contributed by atoms with Gasteiger partial charge < -0.3 is 5.11 Å². The minimum Gasteiger partial charge on any atom is -0.479 e. The number of aryl methyl sites for hydroxylation is 1. The number of nitrogens with zero attached hydrogens (tertiary/aromatic N) is 2. The number of aromatic nitrogens is 2. The highest BCUT2D eigenvalue weighted by atomic mass is 16.4. The van der Waals surface area contributed by atoms with Crippen LogP contribution < -0.4 is 0 Å². The van der Waals surface area contributed by atoms with Gasteiger partial charge in [-0.2, -0.15) is 5.10 Å².